The van der Waals surface area contributed by atoms with Crippen LogP contribution in [0.1, 0.15) is 55.5 Å². The lowest BCUT2D eigenvalue weighted by Crippen LogP contribution is -2.19. The molecule has 0 amide bonds. The number of hydrogen-bond donors (Lipinski definition) is 2. The first-order chi connectivity index (χ1) is 9.74. The number of aryl methyl sites for hydroxylation is 1. The van der Waals surface area contributed by atoms with Gasteiger partial charge in [0.15, 0.2) is 5.15 Å². The molecular weight excluding hydrogens is 290 g/mol. The van der Waals surface area contributed by atoms with Crippen molar-refractivity contribution in [3.8, 4) is 0 Å². The van der Waals surface area contributed by atoms with Crippen molar-refractivity contribution in [3.05, 3.63) is 39.1 Å². The fourth-order valence-electron chi connectivity index (χ4n) is 2.18. The van der Waals surface area contributed by atoms with Crippen LogP contribution in [-0.4, -0.2) is 9.97 Å². The Morgan fingerprint density at radius 1 is 1.45 bits per heavy atom. The maximum absolute atomic E-state index is 6.20. The minimum absolute atomic E-state index is 0.383. The Kier molecular flexibility index (Phi) is 6.07. The van der Waals surface area contributed by atoms with Crippen molar-refractivity contribution < 1.29 is 0 Å². The predicted molar refractivity (Wildman–Crippen MR) is 86.4 cm³/mol. The lowest BCUT2D eigenvalue weighted by Gasteiger charge is -2.14. The zero-order valence-electron chi connectivity index (χ0n) is 12.1. The second kappa shape index (κ2) is 7.81. The number of nitrogens with one attached hydrogen (secondary N) is 2. The number of unbranched alkanes of at least 4 members (excludes halogenated alkanes) is 1. The van der Waals surface area contributed by atoms with Crippen molar-refractivity contribution in [2.75, 3.05) is 0 Å². The predicted octanol–water partition coefficient (Wildman–Crippen LogP) is 4.71. The summed E-state index contributed by atoms with van der Waals surface area (Å²) in [6, 6.07) is 4.65. The van der Waals surface area contributed by atoms with Gasteiger partial charge in [0.2, 0.25) is 0 Å². The number of aromatic amines is 1. The quantitative estimate of drug-likeness (QED) is 0.741. The van der Waals surface area contributed by atoms with Crippen LogP contribution in [0.2, 0.25) is 5.15 Å². The van der Waals surface area contributed by atoms with Gasteiger partial charge >= 0.3 is 0 Å². The Balaban J connectivity index is 1.94. The summed E-state index contributed by atoms with van der Waals surface area (Å²) in [6.07, 6.45) is 4.35. The van der Waals surface area contributed by atoms with Crippen LogP contribution in [-0.2, 0) is 13.0 Å². The minimum Gasteiger partial charge on any atom is -0.344 e. The molecule has 1 unspecified atom stereocenters. The number of aromatic nitrogens is 2. The van der Waals surface area contributed by atoms with E-state index in [9.17, 15) is 0 Å². The molecule has 2 aromatic rings. The van der Waals surface area contributed by atoms with Crippen molar-refractivity contribution >= 4 is 22.9 Å². The SMILES string of the molecule is CCCCc1nc(Cl)c(CNC(CC)c2cccs2)[nH]1. The highest BCUT2D eigenvalue weighted by molar-refractivity contribution is 7.10. The van der Waals surface area contributed by atoms with E-state index in [1.54, 1.807) is 11.3 Å². The molecule has 0 spiro atoms. The minimum atomic E-state index is 0.383. The van der Waals surface area contributed by atoms with Crippen LogP contribution in [0.15, 0.2) is 17.5 Å². The van der Waals surface area contributed by atoms with E-state index in [4.69, 9.17) is 11.6 Å². The number of halogens is 1. The van der Waals surface area contributed by atoms with E-state index in [1.807, 2.05) is 0 Å². The maximum atomic E-state index is 6.20. The van der Waals surface area contributed by atoms with Crippen molar-refractivity contribution in [3.63, 3.8) is 0 Å². The van der Waals surface area contributed by atoms with Crippen LogP contribution >= 0.6 is 22.9 Å². The highest BCUT2D eigenvalue weighted by atomic mass is 35.5. The molecule has 1 atom stereocenters. The Morgan fingerprint density at radius 3 is 2.95 bits per heavy atom. The molecule has 0 saturated carbocycles. The molecule has 20 heavy (non-hydrogen) atoms. The van der Waals surface area contributed by atoms with Crippen molar-refractivity contribution in [1.29, 1.82) is 0 Å². The van der Waals surface area contributed by atoms with Gasteiger partial charge in [0, 0.05) is 23.9 Å². The van der Waals surface area contributed by atoms with E-state index in [2.05, 4.69) is 46.6 Å². The highest BCUT2D eigenvalue weighted by Gasteiger charge is 2.12. The summed E-state index contributed by atoms with van der Waals surface area (Å²) < 4.78 is 0. The van der Waals surface area contributed by atoms with E-state index in [-0.39, 0.29) is 0 Å². The summed E-state index contributed by atoms with van der Waals surface area (Å²) in [5.74, 6) is 0.998. The number of imidazole rings is 1. The lowest BCUT2D eigenvalue weighted by atomic mass is 10.2. The molecule has 0 bridgehead atoms. The molecule has 0 aliphatic rings. The molecule has 0 saturated heterocycles. The van der Waals surface area contributed by atoms with Gasteiger partial charge in [0.25, 0.3) is 0 Å². The van der Waals surface area contributed by atoms with Crippen LogP contribution in [0.25, 0.3) is 0 Å². The van der Waals surface area contributed by atoms with Gasteiger partial charge in [-0.1, -0.05) is 37.9 Å². The molecule has 0 aliphatic heterocycles. The smallest absolute Gasteiger partial charge is 0.151 e. The van der Waals surface area contributed by atoms with E-state index < -0.39 is 0 Å². The molecule has 0 radical (unpaired) electrons. The first-order valence-electron chi connectivity index (χ1n) is 7.24. The summed E-state index contributed by atoms with van der Waals surface area (Å²) in [6.45, 7) is 5.10. The van der Waals surface area contributed by atoms with Gasteiger partial charge in [0.05, 0.1) is 5.69 Å². The first-order valence-corrected chi connectivity index (χ1v) is 8.50. The van der Waals surface area contributed by atoms with Crippen molar-refractivity contribution in [2.24, 2.45) is 0 Å². The molecule has 5 heteroatoms. The van der Waals surface area contributed by atoms with Crippen LogP contribution < -0.4 is 5.32 Å². The molecule has 2 aromatic heterocycles. The van der Waals surface area contributed by atoms with Gasteiger partial charge in [-0.15, -0.1) is 11.3 Å². The maximum Gasteiger partial charge on any atom is 0.151 e. The van der Waals surface area contributed by atoms with Crippen LogP contribution in [0.5, 0.6) is 0 Å². The lowest BCUT2D eigenvalue weighted by molar-refractivity contribution is 0.522. The molecule has 110 valence electrons. The zero-order chi connectivity index (χ0) is 14.4. The fraction of sp³-hybridized carbons (Fsp3) is 0.533. The van der Waals surface area contributed by atoms with E-state index >= 15 is 0 Å². The van der Waals surface area contributed by atoms with Gasteiger partial charge in [0.1, 0.15) is 5.82 Å². The Morgan fingerprint density at radius 2 is 2.30 bits per heavy atom. The van der Waals surface area contributed by atoms with Crippen LogP contribution in [0.4, 0.5) is 0 Å². The molecule has 3 nitrogen and oxygen atoms in total. The van der Waals surface area contributed by atoms with E-state index in [0.29, 0.717) is 11.2 Å². The van der Waals surface area contributed by atoms with Crippen LogP contribution in [0, 0.1) is 0 Å². The number of hydrogen-bond acceptors (Lipinski definition) is 3. The normalized spacial score (nSPS) is 12.8. The van der Waals surface area contributed by atoms with Gasteiger partial charge in [-0.25, -0.2) is 4.98 Å². The summed E-state index contributed by atoms with van der Waals surface area (Å²) in [4.78, 5) is 9.10. The molecular formula is C15H22ClN3S. The molecule has 0 fully saturated rings. The molecule has 2 heterocycles. The zero-order valence-corrected chi connectivity index (χ0v) is 13.7. The largest absolute Gasteiger partial charge is 0.344 e. The summed E-state index contributed by atoms with van der Waals surface area (Å²) in [5.41, 5.74) is 0.993. The van der Waals surface area contributed by atoms with Crippen molar-refractivity contribution in [2.45, 2.75) is 52.1 Å². The number of thiophene rings is 1. The van der Waals surface area contributed by atoms with Gasteiger partial charge < -0.3 is 10.3 Å². The Labute approximate surface area is 129 Å². The summed E-state index contributed by atoms with van der Waals surface area (Å²) in [7, 11) is 0. The Bertz CT molecular complexity index is 507. The highest BCUT2D eigenvalue weighted by Crippen LogP contribution is 2.23. The molecule has 0 aliphatic carbocycles. The standard InChI is InChI=1S/C15H22ClN3S/c1-3-5-8-14-18-12(15(16)19-14)10-17-11(4-2)13-7-6-9-20-13/h6-7,9,11,17H,3-5,8,10H2,1-2H3,(H,18,19). The van der Waals surface area contributed by atoms with Gasteiger partial charge in [-0.2, -0.15) is 0 Å². The third-order valence-corrected chi connectivity index (χ3v) is 4.66. The van der Waals surface area contributed by atoms with Gasteiger partial charge in [-0.3, -0.25) is 0 Å². The average Bonchev–Trinajstić information content (AvgIpc) is 3.08. The Hall–Kier alpha value is -0.840. The molecule has 2 rings (SSSR count). The van der Waals surface area contributed by atoms with Gasteiger partial charge in [-0.05, 0) is 24.3 Å². The second-order valence-corrected chi connectivity index (χ2v) is 6.25. The summed E-state index contributed by atoms with van der Waals surface area (Å²) >= 11 is 7.99. The summed E-state index contributed by atoms with van der Waals surface area (Å²) in [5, 5.41) is 6.27. The topological polar surface area (TPSA) is 40.7 Å². The third kappa shape index (κ3) is 4.08. The second-order valence-electron chi connectivity index (χ2n) is 4.91. The fourth-order valence-corrected chi connectivity index (χ4v) is 3.28. The average molecular weight is 312 g/mol. The number of nitrogens with zero attached hydrogens (tertiary/aromatic N) is 1. The van der Waals surface area contributed by atoms with Crippen molar-refractivity contribution in [1.82, 2.24) is 15.3 Å². The van der Waals surface area contributed by atoms with E-state index in [1.165, 1.54) is 11.3 Å². The first kappa shape index (κ1) is 15.5. The molecule has 0 aromatic carbocycles. The monoisotopic (exact) mass is 311 g/mol. The third-order valence-electron chi connectivity index (χ3n) is 3.36. The number of rotatable bonds is 8. The van der Waals surface area contributed by atoms with E-state index in [0.717, 1.165) is 37.3 Å². The van der Waals surface area contributed by atoms with Crippen LogP contribution in [0.3, 0.4) is 0 Å². The number of H-pyrrole nitrogens is 1. The molecule has 2 N–H and O–H groups in total.